The third-order valence-corrected chi connectivity index (χ3v) is 3.31. The summed E-state index contributed by atoms with van der Waals surface area (Å²) >= 11 is 0. The van der Waals surface area contributed by atoms with Gasteiger partial charge in [-0.25, -0.2) is 0 Å². The van der Waals surface area contributed by atoms with Crippen LogP contribution in [0.25, 0.3) is 21.5 Å². The van der Waals surface area contributed by atoms with E-state index in [1.165, 1.54) is 21.5 Å². The third-order valence-electron chi connectivity index (χ3n) is 3.31. The Kier molecular flexibility index (Phi) is 3.42. The predicted molar refractivity (Wildman–Crippen MR) is 84.4 cm³/mol. The van der Waals surface area contributed by atoms with Crippen LogP contribution in [0.3, 0.4) is 0 Å². The van der Waals surface area contributed by atoms with Crippen molar-refractivity contribution < 1.29 is 0 Å². The lowest BCUT2D eigenvalue weighted by Gasteiger charge is -2.02. The molecule has 0 N–H and O–H groups in total. The minimum Gasteiger partial charge on any atom is -0.0808 e. The van der Waals surface area contributed by atoms with Gasteiger partial charge < -0.3 is 0 Å². The lowest BCUT2D eigenvalue weighted by atomic mass is 10.0. The van der Waals surface area contributed by atoms with E-state index in [2.05, 4.69) is 85.0 Å². The number of fused-ring (bicyclic) bond motifs is 3. The van der Waals surface area contributed by atoms with Crippen LogP contribution in [0.5, 0.6) is 0 Å². The highest BCUT2D eigenvalue weighted by atomic mass is 14.0. The zero-order valence-corrected chi connectivity index (χ0v) is 10.8. The Labute approximate surface area is 113 Å². The van der Waals surface area contributed by atoms with Gasteiger partial charge in [0.15, 0.2) is 0 Å². The highest BCUT2D eigenvalue weighted by Crippen LogP contribution is 2.24. The fourth-order valence-electron chi connectivity index (χ4n) is 2.35. The summed E-state index contributed by atoms with van der Waals surface area (Å²) < 4.78 is 0. The average molecular weight is 244 g/mol. The van der Waals surface area contributed by atoms with Crippen LogP contribution in [0.2, 0.25) is 0 Å². The molecule has 92 valence electrons. The van der Waals surface area contributed by atoms with Gasteiger partial charge >= 0.3 is 0 Å². The normalized spacial score (nSPS) is 12.6. The summed E-state index contributed by atoms with van der Waals surface area (Å²) in [5, 5.41) is 5.30. The molecule has 0 bridgehead atoms. The van der Waals surface area contributed by atoms with Crippen LogP contribution in [-0.2, 0) is 0 Å². The van der Waals surface area contributed by atoms with E-state index >= 15 is 0 Å². The van der Waals surface area contributed by atoms with E-state index in [-0.39, 0.29) is 0 Å². The second-order valence-electron chi connectivity index (χ2n) is 4.60. The molecule has 0 aliphatic heterocycles. The molecule has 0 radical (unpaired) electrons. The van der Waals surface area contributed by atoms with E-state index in [9.17, 15) is 0 Å². The summed E-state index contributed by atoms with van der Waals surface area (Å²) in [4.78, 5) is 0. The van der Waals surface area contributed by atoms with Gasteiger partial charge in [0.2, 0.25) is 0 Å². The standard InChI is InChI=1S/C14H10.C5H6/c1-3-7-13-11(5-1)9-10-12-6-2-4-8-14(12)13;1-2-4-5-3-1/h1-10H;1-4H,5H2. The molecule has 0 unspecified atom stereocenters. The van der Waals surface area contributed by atoms with Gasteiger partial charge in [-0.1, -0.05) is 85.0 Å². The molecule has 0 atom stereocenters. The Hall–Kier alpha value is -2.34. The number of hydrogen-bond donors (Lipinski definition) is 0. The quantitative estimate of drug-likeness (QED) is 0.458. The second kappa shape index (κ2) is 5.53. The lowest BCUT2D eigenvalue weighted by molar-refractivity contribution is 1.45. The largest absolute Gasteiger partial charge is 0.0808 e. The maximum atomic E-state index is 2.18. The van der Waals surface area contributed by atoms with Gasteiger partial charge in [-0.2, -0.15) is 0 Å². The minimum absolute atomic E-state index is 1.14. The molecular formula is C19H16. The smallest absolute Gasteiger partial charge is 0.0105 e. The molecule has 0 aromatic heterocycles. The highest BCUT2D eigenvalue weighted by molar-refractivity contribution is 6.07. The van der Waals surface area contributed by atoms with E-state index in [1.807, 2.05) is 0 Å². The first-order chi connectivity index (χ1) is 9.45. The van der Waals surface area contributed by atoms with Crippen LogP contribution in [0.15, 0.2) is 85.0 Å². The van der Waals surface area contributed by atoms with Gasteiger partial charge in [0.1, 0.15) is 0 Å². The zero-order valence-electron chi connectivity index (χ0n) is 10.8. The van der Waals surface area contributed by atoms with Gasteiger partial charge in [0.05, 0.1) is 0 Å². The highest BCUT2D eigenvalue weighted by Gasteiger charge is 1.97. The maximum absolute atomic E-state index is 2.18. The van der Waals surface area contributed by atoms with E-state index in [1.54, 1.807) is 0 Å². The summed E-state index contributed by atoms with van der Waals surface area (Å²) in [6, 6.07) is 21.4. The molecule has 1 aliphatic carbocycles. The van der Waals surface area contributed by atoms with E-state index < -0.39 is 0 Å². The van der Waals surface area contributed by atoms with Gasteiger partial charge in [0.25, 0.3) is 0 Å². The van der Waals surface area contributed by atoms with Crippen molar-refractivity contribution in [2.24, 2.45) is 0 Å². The SMILES string of the molecule is C1=CCC=C1.c1ccc2c(c1)ccc1ccccc12. The predicted octanol–water partition coefficient (Wildman–Crippen LogP) is 5.50. The number of allylic oxidation sites excluding steroid dienone is 4. The van der Waals surface area contributed by atoms with Gasteiger partial charge in [-0.05, 0) is 28.0 Å². The van der Waals surface area contributed by atoms with E-state index in [0.29, 0.717) is 0 Å². The van der Waals surface area contributed by atoms with Crippen LogP contribution in [0, 0.1) is 0 Å². The Morgan fingerprint density at radius 3 is 1.42 bits per heavy atom. The molecule has 3 aromatic carbocycles. The molecular weight excluding hydrogens is 228 g/mol. The Bertz CT molecular complexity index is 683. The molecule has 0 fully saturated rings. The minimum atomic E-state index is 1.14. The molecule has 1 aliphatic rings. The zero-order chi connectivity index (χ0) is 12.9. The first-order valence-electron chi connectivity index (χ1n) is 6.63. The monoisotopic (exact) mass is 244 g/mol. The van der Waals surface area contributed by atoms with Crippen molar-refractivity contribution in [3.63, 3.8) is 0 Å². The molecule has 3 aromatic rings. The van der Waals surface area contributed by atoms with Crippen molar-refractivity contribution in [3.05, 3.63) is 85.0 Å². The first kappa shape index (κ1) is 11.7. The van der Waals surface area contributed by atoms with Crippen molar-refractivity contribution in [2.45, 2.75) is 6.42 Å². The number of rotatable bonds is 0. The van der Waals surface area contributed by atoms with Gasteiger partial charge in [-0.15, -0.1) is 0 Å². The topological polar surface area (TPSA) is 0 Å². The van der Waals surface area contributed by atoms with Crippen molar-refractivity contribution in [2.75, 3.05) is 0 Å². The molecule has 0 nitrogen and oxygen atoms in total. The number of benzene rings is 3. The van der Waals surface area contributed by atoms with Crippen LogP contribution in [0.1, 0.15) is 6.42 Å². The molecule has 0 saturated carbocycles. The van der Waals surface area contributed by atoms with Crippen LogP contribution in [0.4, 0.5) is 0 Å². The Morgan fingerprint density at radius 1 is 0.526 bits per heavy atom. The Balaban J connectivity index is 0.000000187. The van der Waals surface area contributed by atoms with E-state index in [4.69, 9.17) is 0 Å². The van der Waals surface area contributed by atoms with Crippen molar-refractivity contribution in [1.29, 1.82) is 0 Å². The second-order valence-corrected chi connectivity index (χ2v) is 4.60. The maximum Gasteiger partial charge on any atom is -0.0105 e. The fraction of sp³-hybridized carbons (Fsp3) is 0.0526. The van der Waals surface area contributed by atoms with Crippen LogP contribution >= 0.6 is 0 Å². The van der Waals surface area contributed by atoms with Crippen molar-refractivity contribution in [3.8, 4) is 0 Å². The molecule has 0 saturated heterocycles. The van der Waals surface area contributed by atoms with Gasteiger partial charge in [0, 0.05) is 0 Å². The summed E-state index contributed by atoms with van der Waals surface area (Å²) in [6.45, 7) is 0. The summed E-state index contributed by atoms with van der Waals surface area (Å²) in [5.74, 6) is 0. The lowest BCUT2D eigenvalue weighted by Crippen LogP contribution is -1.75. The van der Waals surface area contributed by atoms with Crippen LogP contribution in [-0.4, -0.2) is 0 Å². The summed E-state index contributed by atoms with van der Waals surface area (Å²) in [5.41, 5.74) is 0. The summed E-state index contributed by atoms with van der Waals surface area (Å²) in [7, 11) is 0. The molecule has 0 amide bonds. The first-order valence-corrected chi connectivity index (χ1v) is 6.63. The summed E-state index contributed by atoms with van der Waals surface area (Å²) in [6.07, 6.45) is 9.50. The average Bonchev–Trinajstić information content (AvgIpc) is 3.07. The molecule has 0 spiro atoms. The van der Waals surface area contributed by atoms with E-state index in [0.717, 1.165) is 6.42 Å². The van der Waals surface area contributed by atoms with Crippen LogP contribution < -0.4 is 0 Å². The molecule has 0 heterocycles. The Morgan fingerprint density at radius 2 is 1.00 bits per heavy atom. The molecule has 0 heteroatoms. The molecule has 4 rings (SSSR count). The van der Waals surface area contributed by atoms with Crippen molar-refractivity contribution >= 4 is 21.5 Å². The fourth-order valence-corrected chi connectivity index (χ4v) is 2.35. The third kappa shape index (κ3) is 2.58. The molecule has 19 heavy (non-hydrogen) atoms. The van der Waals surface area contributed by atoms with Gasteiger partial charge in [-0.3, -0.25) is 0 Å². The number of hydrogen-bond acceptors (Lipinski definition) is 0. The van der Waals surface area contributed by atoms with Crippen molar-refractivity contribution in [1.82, 2.24) is 0 Å².